The van der Waals surface area contributed by atoms with Gasteiger partial charge in [0.15, 0.2) is 5.65 Å². The van der Waals surface area contributed by atoms with Crippen LogP contribution in [0.5, 0.6) is 0 Å². The molecule has 2 aromatic rings. The summed E-state index contributed by atoms with van der Waals surface area (Å²) in [7, 11) is 0. The standard InChI is InChI=1S/C7H8N4S/c1-4-6-3-11(12)10-7(6)9-5(2)8-4/h3,12H,1-2H3. The Balaban J connectivity index is 2.88. The number of thiol groups is 1. The summed E-state index contributed by atoms with van der Waals surface area (Å²) in [5, 5.41) is 5.02. The Labute approximate surface area is 75.2 Å². The van der Waals surface area contributed by atoms with Crippen molar-refractivity contribution in [2.75, 3.05) is 0 Å². The van der Waals surface area contributed by atoms with Gasteiger partial charge in [0.05, 0.1) is 11.1 Å². The van der Waals surface area contributed by atoms with Crippen molar-refractivity contribution in [2.45, 2.75) is 13.8 Å². The number of hydrogen-bond donors (Lipinski definition) is 1. The van der Waals surface area contributed by atoms with E-state index in [9.17, 15) is 0 Å². The fourth-order valence-electron chi connectivity index (χ4n) is 1.17. The summed E-state index contributed by atoms with van der Waals surface area (Å²) in [6.07, 6.45) is 1.80. The SMILES string of the molecule is Cc1nc(C)c2cn(S)nc2n1. The lowest BCUT2D eigenvalue weighted by molar-refractivity contribution is 1.00. The highest BCUT2D eigenvalue weighted by Gasteiger charge is 2.04. The van der Waals surface area contributed by atoms with E-state index in [2.05, 4.69) is 27.9 Å². The molecule has 2 aromatic heterocycles. The Morgan fingerprint density at radius 2 is 2.08 bits per heavy atom. The molecule has 0 spiro atoms. The molecule has 0 saturated heterocycles. The highest BCUT2D eigenvalue weighted by Crippen LogP contribution is 2.13. The van der Waals surface area contributed by atoms with Crippen molar-refractivity contribution in [3.8, 4) is 0 Å². The van der Waals surface area contributed by atoms with Crippen molar-refractivity contribution in [3.63, 3.8) is 0 Å². The molecule has 0 unspecified atom stereocenters. The maximum absolute atomic E-state index is 4.22. The van der Waals surface area contributed by atoms with Crippen LogP contribution in [0.4, 0.5) is 0 Å². The first kappa shape index (κ1) is 7.54. The molecule has 0 N–H and O–H groups in total. The van der Waals surface area contributed by atoms with Crippen LogP contribution >= 0.6 is 12.8 Å². The summed E-state index contributed by atoms with van der Waals surface area (Å²) in [5.41, 5.74) is 1.65. The summed E-state index contributed by atoms with van der Waals surface area (Å²) >= 11 is 4.06. The van der Waals surface area contributed by atoms with E-state index in [1.807, 2.05) is 13.8 Å². The predicted molar refractivity (Wildman–Crippen MR) is 49.2 cm³/mol. The third-order valence-electron chi connectivity index (χ3n) is 1.67. The quantitative estimate of drug-likeness (QED) is 0.618. The van der Waals surface area contributed by atoms with Gasteiger partial charge in [-0.2, -0.15) is 0 Å². The van der Waals surface area contributed by atoms with E-state index in [1.165, 1.54) is 4.09 Å². The van der Waals surface area contributed by atoms with E-state index >= 15 is 0 Å². The normalized spacial score (nSPS) is 10.9. The zero-order valence-electron chi connectivity index (χ0n) is 6.81. The molecule has 12 heavy (non-hydrogen) atoms. The summed E-state index contributed by atoms with van der Waals surface area (Å²) in [6, 6.07) is 0. The van der Waals surface area contributed by atoms with Gasteiger partial charge in [0, 0.05) is 6.20 Å². The van der Waals surface area contributed by atoms with Gasteiger partial charge in [0.2, 0.25) is 0 Å². The lowest BCUT2D eigenvalue weighted by atomic mass is 10.3. The van der Waals surface area contributed by atoms with Gasteiger partial charge in [0.25, 0.3) is 0 Å². The number of rotatable bonds is 0. The van der Waals surface area contributed by atoms with Gasteiger partial charge >= 0.3 is 0 Å². The highest BCUT2D eigenvalue weighted by molar-refractivity contribution is 7.78. The molecule has 0 atom stereocenters. The Morgan fingerprint density at radius 3 is 2.83 bits per heavy atom. The van der Waals surface area contributed by atoms with Crippen molar-refractivity contribution in [3.05, 3.63) is 17.7 Å². The third-order valence-corrected chi connectivity index (χ3v) is 1.87. The van der Waals surface area contributed by atoms with Crippen LogP contribution in [-0.4, -0.2) is 19.2 Å². The highest BCUT2D eigenvalue weighted by atomic mass is 32.1. The van der Waals surface area contributed by atoms with Crippen molar-refractivity contribution >= 4 is 23.8 Å². The van der Waals surface area contributed by atoms with Gasteiger partial charge in [-0.15, -0.1) is 5.10 Å². The minimum absolute atomic E-state index is 0.704. The van der Waals surface area contributed by atoms with Crippen LogP contribution in [0.2, 0.25) is 0 Å². The van der Waals surface area contributed by atoms with Crippen LogP contribution in [0.15, 0.2) is 6.20 Å². The number of aryl methyl sites for hydroxylation is 2. The number of hydrogen-bond acceptors (Lipinski definition) is 4. The van der Waals surface area contributed by atoms with Crippen LogP contribution in [-0.2, 0) is 0 Å². The summed E-state index contributed by atoms with van der Waals surface area (Å²) in [5.74, 6) is 0.743. The van der Waals surface area contributed by atoms with Crippen LogP contribution in [0.1, 0.15) is 11.5 Å². The fraction of sp³-hybridized carbons (Fsp3) is 0.286. The number of nitrogens with zero attached hydrogens (tertiary/aromatic N) is 4. The molecule has 62 valence electrons. The second kappa shape index (κ2) is 2.45. The molecule has 0 bridgehead atoms. The second-order valence-corrected chi connectivity index (χ2v) is 3.05. The molecule has 0 amide bonds. The molecule has 2 heterocycles. The monoisotopic (exact) mass is 180 g/mol. The topological polar surface area (TPSA) is 43.6 Å². The molecule has 0 saturated carbocycles. The third kappa shape index (κ3) is 1.06. The van der Waals surface area contributed by atoms with Gasteiger partial charge in [-0.1, -0.05) is 0 Å². The first-order chi connectivity index (χ1) is 5.66. The molecule has 0 aromatic carbocycles. The largest absolute Gasteiger partial charge is 0.238 e. The molecule has 0 aliphatic heterocycles. The Morgan fingerprint density at radius 1 is 1.33 bits per heavy atom. The lowest BCUT2D eigenvalue weighted by Crippen LogP contribution is -1.91. The molecule has 4 nitrogen and oxygen atoms in total. The van der Waals surface area contributed by atoms with E-state index < -0.39 is 0 Å². The van der Waals surface area contributed by atoms with Crippen molar-refractivity contribution in [1.82, 2.24) is 19.2 Å². The first-order valence-electron chi connectivity index (χ1n) is 3.56. The van der Waals surface area contributed by atoms with E-state index in [0.29, 0.717) is 5.65 Å². The molecular weight excluding hydrogens is 172 g/mol. The summed E-state index contributed by atoms with van der Waals surface area (Å²) in [4.78, 5) is 8.38. The smallest absolute Gasteiger partial charge is 0.185 e. The molecule has 0 aliphatic carbocycles. The lowest BCUT2D eigenvalue weighted by Gasteiger charge is -1.93. The van der Waals surface area contributed by atoms with E-state index in [-0.39, 0.29) is 0 Å². The number of fused-ring (bicyclic) bond motifs is 1. The summed E-state index contributed by atoms with van der Waals surface area (Å²) in [6.45, 7) is 3.79. The molecule has 0 aliphatic rings. The maximum atomic E-state index is 4.22. The van der Waals surface area contributed by atoms with Crippen molar-refractivity contribution in [1.29, 1.82) is 0 Å². The van der Waals surface area contributed by atoms with E-state index in [0.717, 1.165) is 16.9 Å². The fourth-order valence-corrected chi connectivity index (χ4v) is 1.37. The van der Waals surface area contributed by atoms with Crippen LogP contribution < -0.4 is 0 Å². The molecule has 2 rings (SSSR count). The average Bonchev–Trinajstić information content (AvgIpc) is 2.29. The first-order valence-corrected chi connectivity index (χ1v) is 3.96. The Hall–Kier alpha value is -1.10. The molecular formula is C7H8N4S. The average molecular weight is 180 g/mol. The predicted octanol–water partition coefficient (Wildman–Crippen LogP) is 1.14. The maximum Gasteiger partial charge on any atom is 0.185 e. The van der Waals surface area contributed by atoms with Gasteiger partial charge in [0.1, 0.15) is 5.82 Å². The van der Waals surface area contributed by atoms with E-state index in [4.69, 9.17) is 0 Å². The second-order valence-electron chi connectivity index (χ2n) is 2.64. The van der Waals surface area contributed by atoms with Crippen molar-refractivity contribution in [2.24, 2.45) is 0 Å². The zero-order valence-corrected chi connectivity index (χ0v) is 7.71. The zero-order chi connectivity index (χ0) is 8.72. The minimum Gasteiger partial charge on any atom is -0.238 e. The van der Waals surface area contributed by atoms with Gasteiger partial charge < -0.3 is 0 Å². The van der Waals surface area contributed by atoms with Gasteiger partial charge in [-0.25, -0.2) is 14.1 Å². The molecule has 0 fully saturated rings. The van der Waals surface area contributed by atoms with Crippen LogP contribution in [0, 0.1) is 13.8 Å². The van der Waals surface area contributed by atoms with E-state index in [1.54, 1.807) is 6.20 Å². The minimum atomic E-state index is 0.704. The van der Waals surface area contributed by atoms with Crippen LogP contribution in [0.3, 0.4) is 0 Å². The molecule has 0 radical (unpaired) electrons. The summed E-state index contributed by atoms with van der Waals surface area (Å²) < 4.78 is 1.45. The van der Waals surface area contributed by atoms with Gasteiger partial charge in [-0.3, -0.25) is 0 Å². The van der Waals surface area contributed by atoms with Gasteiger partial charge in [-0.05, 0) is 26.7 Å². The Kier molecular flexibility index (Phi) is 1.54. The van der Waals surface area contributed by atoms with Crippen LogP contribution in [0.25, 0.3) is 11.0 Å². The number of aromatic nitrogens is 4. The van der Waals surface area contributed by atoms with Crippen molar-refractivity contribution < 1.29 is 0 Å². The Bertz CT molecular complexity index is 434. The molecule has 5 heteroatoms.